The summed E-state index contributed by atoms with van der Waals surface area (Å²) < 4.78 is 7.89. The third kappa shape index (κ3) is 3.64. The highest BCUT2D eigenvalue weighted by atomic mass is 32.1. The lowest BCUT2D eigenvalue weighted by Gasteiger charge is -2.28. The van der Waals surface area contributed by atoms with Gasteiger partial charge in [-0.3, -0.25) is 4.98 Å². The summed E-state index contributed by atoms with van der Waals surface area (Å²) in [6.07, 6.45) is 5.64. The van der Waals surface area contributed by atoms with Crippen molar-refractivity contribution in [2.24, 2.45) is 0 Å². The third-order valence-corrected chi connectivity index (χ3v) is 6.31. The summed E-state index contributed by atoms with van der Waals surface area (Å²) in [6, 6.07) is 20.6. The van der Waals surface area contributed by atoms with E-state index >= 15 is 0 Å². The predicted octanol–water partition coefficient (Wildman–Crippen LogP) is 5.25. The number of hydrogen-bond donors (Lipinski definition) is 1. The zero-order chi connectivity index (χ0) is 21.4. The van der Waals surface area contributed by atoms with Gasteiger partial charge in [0, 0.05) is 23.8 Å². The van der Waals surface area contributed by atoms with Crippen LogP contribution in [0.15, 0.2) is 83.7 Å². The number of hydrogen-bond acceptors (Lipinski definition) is 3. The van der Waals surface area contributed by atoms with E-state index in [1.165, 1.54) is 11.1 Å². The fourth-order valence-corrected chi connectivity index (χ4v) is 4.52. The van der Waals surface area contributed by atoms with Gasteiger partial charge in [0.15, 0.2) is 5.11 Å². The highest BCUT2D eigenvalue weighted by Gasteiger charge is 2.41. The van der Waals surface area contributed by atoms with Gasteiger partial charge in [0.1, 0.15) is 5.76 Å². The Morgan fingerprint density at radius 3 is 2.68 bits per heavy atom. The van der Waals surface area contributed by atoms with Crippen LogP contribution in [0.2, 0.25) is 0 Å². The predicted molar refractivity (Wildman–Crippen MR) is 125 cm³/mol. The minimum atomic E-state index is -0.0659. The molecule has 156 valence electrons. The smallest absolute Gasteiger partial charge is 0.170 e. The maximum Gasteiger partial charge on any atom is 0.170 e. The number of aromatic nitrogens is 2. The first kappa shape index (κ1) is 19.6. The van der Waals surface area contributed by atoms with E-state index in [0.29, 0.717) is 11.7 Å². The van der Waals surface area contributed by atoms with Crippen molar-refractivity contribution in [3.05, 3.63) is 108 Å². The van der Waals surface area contributed by atoms with Crippen molar-refractivity contribution in [2.45, 2.75) is 32.5 Å². The van der Waals surface area contributed by atoms with Crippen molar-refractivity contribution in [3.8, 4) is 5.69 Å². The van der Waals surface area contributed by atoms with E-state index < -0.39 is 0 Å². The van der Waals surface area contributed by atoms with Gasteiger partial charge < -0.3 is 19.2 Å². The monoisotopic (exact) mass is 428 g/mol. The van der Waals surface area contributed by atoms with Crippen molar-refractivity contribution in [1.29, 1.82) is 0 Å². The molecule has 5 nitrogen and oxygen atoms in total. The summed E-state index contributed by atoms with van der Waals surface area (Å²) in [5.74, 6) is 0.875. The van der Waals surface area contributed by atoms with Crippen LogP contribution in [-0.2, 0) is 6.54 Å². The number of pyridine rings is 1. The zero-order valence-corrected chi connectivity index (χ0v) is 18.3. The van der Waals surface area contributed by atoms with Crippen LogP contribution in [-0.4, -0.2) is 19.6 Å². The third-order valence-electron chi connectivity index (χ3n) is 5.96. The Bertz CT molecular complexity index is 1200. The van der Waals surface area contributed by atoms with E-state index in [9.17, 15) is 0 Å². The first-order valence-corrected chi connectivity index (χ1v) is 10.8. The van der Waals surface area contributed by atoms with Crippen molar-refractivity contribution in [1.82, 2.24) is 19.8 Å². The Labute approximate surface area is 187 Å². The fraction of sp³-hybridized carbons (Fsp3) is 0.200. The van der Waals surface area contributed by atoms with Crippen LogP contribution in [0.25, 0.3) is 5.69 Å². The van der Waals surface area contributed by atoms with Crippen molar-refractivity contribution in [3.63, 3.8) is 0 Å². The van der Waals surface area contributed by atoms with E-state index in [1.807, 2.05) is 36.5 Å². The van der Waals surface area contributed by atoms with Crippen LogP contribution in [0.3, 0.4) is 0 Å². The van der Waals surface area contributed by atoms with E-state index in [1.54, 1.807) is 6.26 Å². The number of aryl methyl sites for hydroxylation is 2. The van der Waals surface area contributed by atoms with Crippen LogP contribution >= 0.6 is 12.2 Å². The number of rotatable bonds is 5. The zero-order valence-electron chi connectivity index (χ0n) is 17.5. The molecule has 1 fully saturated rings. The number of furan rings is 1. The van der Waals surface area contributed by atoms with Crippen LogP contribution in [0.1, 0.15) is 40.4 Å². The quantitative estimate of drug-likeness (QED) is 0.440. The molecule has 5 rings (SSSR count). The Morgan fingerprint density at radius 2 is 1.94 bits per heavy atom. The molecule has 2 unspecified atom stereocenters. The average Bonchev–Trinajstić information content (AvgIpc) is 3.52. The molecule has 3 aromatic heterocycles. The minimum Gasteiger partial charge on any atom is -0.467 e. The number of nitrogens with zero attached hydrogens (tertiary/aromatic N) is 3. The molecule has 2 atom stereocenters. The first-order chi connectivity index (χ1) is 15.1. The Kier molecular flexibility index (Phi) is 5.08. The van der Waals surface area contributed by atoms with Gasteiger partial charge in [-0.15, -0.1) is 0 Å². The standard InChI is InChI=1S/C25H24N4OS/c1-17-10-11-19(15-18(17)2)28-13-5-9-22(28)24-23(21-8-3-4-12-26-21)27-25(31)29(24)16-20-7-6-14-30-20/h3-15,23-24H,16H2,1-2H3,(H,27,31). The maximum atomic E-state index is 5.78. The molecule has 1 saturated heterocycles. The second-order valence-corrected chi connectivity index (χ2v) is 8.29. The van der Waals surface area contributed by atoms with Gasteiger partial charge in [-0.25, -0.2) is 0 Å². The molecular weight excluding hydrogens is 404 g/mol. The molecule has 6 heteroatoms. The Hall–Kier alpha value is -3.38. The minimum absolute atomic E-state index is 0.0379. The van der Waals surface area contributed by atoms with E-state index in [0.717, 1.165) is 22.8 Å². The van der Waals surface area contributed by atoms with Crippen LogP contribution in [0, 0.1) is 13.8 Å². The molecule has 1 aliphatic rings. The molecule has 1 aliphatic heterocycles. The molecule has 1 aromatic carbocycles. The Morgan fingerprint density at radius 1 is 1.03 bits per heavy atom. The lowest BCUT2D eigenvalue weighted by Crippen LogP contribution is -2.29. The summed E-state index contributed by atoms with van der Waals surface area (Å²) in [6.45, 7) is 4.87. The number of thiocarbonyl (C=S) groups is 1. The SMILES string of the molecule is Cc1ccc(-n2cccc2C2C(c3ccccn3)NC(=S)N2Cc2ccco2)cc1C. The molecular formula is C25H24N4OS. The van der Waals surface area contributed by atoms with Crippen molar-refractivity contribution < 1.29 is 4.42 Å². The molecule has 1 N–H and O–H groups in total. The molecule has 0 aliphatic carbocycles. The molecule has 4 heterocycles. The molecule has 0 spiro atoms. The highest BCUT2D eigenvalue weighted by Crippen LogP contribution is 2.40. The normalized spacial score (nSPS) is 18.4. The number of benzene rings is 1. The van der Waals surface area contributed by atoms with Gasteiger partial charge in [0.05, 0.1) is 30.6 Å². The van der Waals surface area contributed by atoms with Gasteiger partial charge in [-0.1, -0.05) is 12.1 Å². The summed E-state index contributed by atoms with van der Waals surface area (Å²) >= 11 is 5.78. The second-order valence-electron chi connectivity index (χ2n) is 7.91. The van der Waals surface area contributed by atoms with Gasteiger partial charge in [-0.05, 0) is 85.7 Å². The van der Waals surface area contributed by atoms with Crippen LogP contribution in [0.5, 0.6) is 0 Å². The fourth-order valence-electron chi connectivity index (χ4n) is 4.21. The maximum absolute atomic E-state index is 5.78. The Balaban J connectivity index is 1.61. The first-order valence-electron chi connectivity index (χ1n) is 10.4. The molecule has 0 bridgehead atoms. The van der Waals surface area contributed by atoms with E-state index in [4.69, 9.17) is 16.6 Å². The summed E-state index contributed by atoms with van der Waals surface area (Å²) in [5.41, 5.74) is 5.80. The van der Waals surface area contributed by atoms with Gasteiger partial charge in [0.2, 0.25) is 0 Å². The van der Waals surface area contributed by atoms with Gasteiger partial charge >= 0.3 is 0 Å². The van der Waals surface area contributed by atoms with E-state index in [2.05, 4.69) is 70.1 Å². The lowest BCUT2D eigenvalue weighted by atomic mass is 10.0. The van der Waals surface area contributed by atoms with E-state index in [-0.39, 0.29) is 12.1 Å². The second kappa shape index (κ2) is 8.04. The number of nitrogens with one attached hydrogen (secondary N) is 1. The van der Waals surface area contributed by atoms with Crippen molar-refractivity contribution >= 4 is 17.3 Å². The lowest BCUT2D eigenvalue weighted by molar-refractivity contribution is 0.280. The largest absolute Gasteiger partial charge is 0.467 e. The van der Waals surface area contributed by atoms with Crippen LogP contribution < -0.4 is 5.32 Å². The average molecular weight is 429 g/mol. The molecule has 4 aromatic rings. The van der Waals surface area contributed by atoms with Gasteiger partial charge in [-0.2, -0.15) is 0 Å². The highest BCUT2D eigenvalue weighted by molar-refractivity contribution is 7.80. The summed E-state index contributed by atoms with van der Waals surface area (Å²) in [7, 11) is 0. The molecule has 0 radical (unpaired) electrons. The molecule has 0 amide bonds. The topological polar surface area (TPSA) is 46.2 Å². The summed E-state index contributed by atoms with van der Waals surface area (Å²) in [5, 5.41) is 4.21. The summed E-state index contributed by atoms with van der Waals surface area (Å²) in [4.78, 5) is 6.83. The van der Waals surface area contributed by atoms with Crippen LogP contribution in [0.4, 0.5) is 0 Å². The van der Waals surface area contributed by atoms with Crippen molar-refractivity contribution in [2.75, 3.05) is 0 Å². The molecule has 31 heavy (non-hydrogen) atoms. The molecule has 0 saturated carbocycles. The van der Waals surface area contributed by atoms with Gasteiger partial charge in [0.25, 0.3) is 0 Å².